The Morgan fingerprint density at radius 3 is 2.31 bits per heavy atom. The van der Waals surface area contributed by atoms with Crippen molar-refractivity contribution in [1.29, 1.82) is 5.41 Å². The molecule has 0 aliphatic heterocycles. The van der Waals surface area contributed by atoms with Gasteiger partial charge in [0.05, 0.1) is 5.25 Å². The zero-order chi connectivity index (χ0) is 10.4. The molecule has 0 heterocycles. The second kappa shape index (κ2) is 5.85. The number of rotatable bonds is 4. The van der Waals surface area contributed by atoms with Crippen LogP contribution in [0.1, 0.15) is 20.8 Å². The zero-order valence-corrected chi connectivity index (χ0v) is 9.15. The summed E-state index contributed by atoms with van der Waals surface area (Å²) in [7, 11) is 0. The molecule has 76 valence electrons. The SMILES string of the molecule is CCN(CC)C(=O)C(C)SC(=N)N. The van der Waals surface area contributed by atoms with Crippen molar-refractivity contribution < 1.29 is 4.79 Å². The molecule has 0 rings (SSSR count). The van der Waals surface area contributed by atoms with Gasteiger partial charge in [0, 0.05) is 13.1 Å². The molecule has 0 aliphatic carbocycles. The van der Waals surface area contributed by atoms with Gasteiger partial charge in [0.1, 0.15) is 0 Å². The molecule has 0 aromatic heterocycles. The van der Waals surface area contributed by atoms with E-state index in [-0.39, 0.29) is 16.3 Å². The van der Waals surface area contributed by atoms with Gasteiger partial charge >= 0.3 is 0 Å². The summed E-state index contributed by atoms with van der Waals surface area (Å²) in [5.74, 6) is 0.0465. The molecule has 0 saturated heterocycles. The van der Waals surface area contributed by atoms with Crippen LogP contribution in [0.2, 0.25) is 0 Å². The third-order valence-corrected chi connectivity index (χ3v) is 2.54. The third-order valence-electron chi connectivity index (χ3n) is 1.73. The predicted octanol–water partition coefficient (Wildman–Crippen LogP) is 0.870. The molecule has 0 bridgehead atoms. The summed E-state index contributed by atoms with van der Waals surface area (Å²) in [6.45, 7) is 7.06. The van der Waals surface area contributed by atoms with Gasteiger partial charge in [-0.25, -0.2) is 0 Å². The first kappa shape index (κ1) is 12.3. The number of carbonyl (C=O) groups excluding carboxylic acids is 1. The average molecular weight is 203 g/mol. The maximum absolute atomic E-state index is 11.6. The van der Waals surface area contributed by atoms with Crippen LogP contribution in [0, 0.1) is 5.41 Å². The van der Waals surface area contributed by atoms with Crippen molar-refractivity contribution in [1.82, 2.24) is 4.90 Å². The number of hydrogen-bond acceptors (Lipinski definition) is 3. The van der Waals surface area contributed by atoms with Gasteiger partial charge in [-0.2, -0.15) is 0 Å². The summed E-state index contributed by atoms with van der Waals surface area (Å²) in [6.07, 6.45) is 0. The maximum Gasteiger partial charge on any atom is 0.235 e. The second-order valence-electron chi connectivity index (χ2n) is 2.63. The summed E-state index contributed by atoms with van der Waals surface area (Å²) in [5.41, 5.74) is 5.19. The summed E-state index contributed by atoms with van der Waals surface area (Å²) in [5, 5.41) is 6.78. The van der Waals surface area contributed by atoms with Crippen molar-refractivity contribution in [3.63, 3.8) is 0 Å². The minimum absolute atomic E-state index is 0.00648. The molecule has 5 heteroatoms. The number of amidine groups is 1. The van der Waals surface area contributed by atoms with Crippen LogP contribution < -0.4 is 5.73 Å². The summed E-state index contributed by atoms with van der Waals surface area (Å²) >= 11 is 1.09. The van der Waals surface area contributed by atoms with Crippen molar-refractivity contribution in [2.45, 2.75) is 26.0 Å². The Bertz CT molecular complexity index is 192. The van der Waals surface area contributed by atoms with E-state index in [4.69, 9.17) is 11.1 Å². The minimum Gasteiger partial charge on any atom is -0.379 e. The number of nitrogens with one attached hydrogen (secondary N) is 1. The van der Waals surface area contributed by atoms with Crippen LogP contribution in [0.25, 0.3) is 0 Å². The van der Waals surface area contributed by atoms with Crippen molar-refractivity contribution in [2.24, 2.45) is 5.73 Å². The molecule has 0 aromatic rings. The Morgan fingerprint density at radius 1 is 1.54 bits per heavy atom. The average Bonchev–Trinajstić information content (AvgIpc) is 2.05. The maximum atomic E-state index is 11.6. The zero-order valence-electron chi connectivity index (χ0n) is 8.33. The van der Waals surface area contributed by atoms with Crippen LogP contribution in [0.4, 0.5) is 0 Å². The predicted molar refractivity (Wildman–Crippen MR) is 56.9 cm³/mol. The lowest BCUT2D eigenvalue weighted by atomic mass is 10.4. The first-order valence-corrected chi connectivity index (χ1v) is 5.20. The largest absolute Gasteiger partial charge is 0.379 e. The summed E-state index contributed by atoms with van der Waals surface area (Å²) in [6, 6.07) is 0. The molecule has 1 atom stereocenters. The van der Waals surface area contributed by atoms with Gasteiger partial charge in [-0.1, -0.05) is 11.8 Å². The van der Waals surface area contributed by atoms with Gasteiger partial charge in [0.25, 0.3) is 0 Å². The number of amides is 1. The lowest BCUT2D eigenvalue weighted by Gasteiger charge is -2.21. The Labute approximate surface area is 83.4 Å². The standard InChI is InChI=1S/C8H17N3OS/c1-4-11(5-2)7(12)6(3)13-8(9)10/h6H,4-5H2,1-3H3,(H3,9,10). The highest BCUT2D eigenvalue weighted by atomic mass is 32.2. The normalized spacial score (nSPS) is 12.2. The summed E-state index contributed by atoms with van der Waals surface area (Å²) < 4.78 is 0. The minimum atomic E-state index is -0.252. The topological polar surface area (TPSA) is 70.2 Å². The van der Waals surface area contributed by atoms with Gasteiger partial charge < -0.3 is 10.6 Å². The molecule has 0 fully saturated rings. The van der Waals surface area contributed by atoms with Crippen molar-refractivity contribution in [3.8, 4) is 0 Å². The van der Waals surface area contributed by atoms with Crippen molar-refractivity contribution >= 4 is 22.8 Å². The number of nitrogens with two attached hydrogens (primary N) is 1. The van der Waals surface area contributed by atoms with E-state index in [9.17, 15) is 4.79 Å². The monoisotopic (exact) mass is 203 g/mol. The molecule has 3 N–H and O–H groups in total. The Morgan fingerprint density at radius 2 is 2.00 bits per heavy atom. The lowest BCUT2D eigenvalue weighted by molar-refractivity contribution is -0.129. The molecule has 0 radical (unpaired) electrons. The molecule has 0 saturated carbocycles. The molecule has 0 aromatic carbocycles. The Kier molecular flexibility index (Phi) is 5.53. The van der Waals surface area contributed by atoms with Gasteiger partial charge in [0.2, 0.25) is 5.91 Å². The highest BCUT2D eigenvalue weighted by Crippen LogP contribution is 2.12. The number of hydrogen-bond donors (Lipinski definition) is 2. The van der Waals surface area contributed by atoms with Gasteiger partial charge in [-0.05, 0) is 20.8 Å². The number of thioether (sulfide) groups is 1. The van der Waals surface area contributed by atoms with Crippen LogP contribution in [0.3, 0.4) is 0 Å². The highest BCUT2D eigenvalue weighted by molar-refractivity contribution is 8.14. The van der Waals surface area contributed by atoms with Crippen LogP contribution in [-0.4, -0.2) is 34.3 Å². The molecule has 4 nitrogen and oxygen atoms in total. The van der Waals surface area contributed by atoms with Gasteiger partial charge in [0.15, 0.2) is 5.17 Å². The molecule has 1 unspecified atom stereocenters. The number of carbonyl (C=O) groups is 1. The molecule has 13 heavy (non-hydrogen) atoms. The van der Waals surface area contributed by atoms with E-state index >= 15 is 0 Å². The third kappa shape index (κ3) is 4.17. The molecule has 1 amide bonds. The van der Waals surface area contributed by atoms with Crippen LogP contribution >= 0.6 is 11.8 Å². The van der Waals surface area contributed by atoms with E-state index in [0.29, 0.717) is 13.1 Å². The Hall–Kier alpha value is -0.710. The van der Waals surface area contributed by atoms with Gasteiger partial charge in [-0.15, -0.1) is 0 Å². The van der Waals surface area contributed by atoms with Crippen LogP contribution in [0.5, 0.6) is 0 Å². The van der Waals surface area contributed by atoms with Crippen LogP contribution in [0.15, 0.2) is 0 Å². The second-order valence-corrected chi connectivity index (χ2v) is 4.02. The highest BCUT2D eigenvalue weighted by Gasteiger charge is 2.19. The number of nitrogens with zero attached hydrogens (tertiary/aromatic N) is 1. The fourth-order valence-corrected chi connectivity index (χ4v) is 1.66. The molecular weight excluding hydrogens is 186 g/mol. The van der Waals surface area contributed by atoms with Crippen molar-refractivity contribution in [2.75, 3.05) is 13.1 Å². The van der Waals surface area contributed by atoms with Crippen LogP contribution in [-0.2, 0) is 4.79 Å². The smallest absolute Gasteiger partial charge is 0.235 e. The van der Waals surface area contributed by atoms with E-state index in [1.807, 2.05) is 13.8 Å². The van der Waals surface area contributed by atoms with E-state index in [0.717, 1.165) is 11.8 Å². The van der Waals surface area contributed by atoms with E-state index in [2.05, 4.69) is 0 Å². The quantitative estimate of drug-likeness (QED) is 0.526. The first-order valence-electron chi connectivity index (χ1n) is 4.32. The lowest BCUT2D eigenvalue weighted by Crippen LogP contribution is -2.37. The van der Waals surface area contributed by atoms with Gasteiger partial charge in [-0.3, -0.25) is 10.2 Å². The van der Waals surface area contributed by atoms with E-state index in [1.165, 1.54) is 0 Å². The van der Waals surface area contributed by atoms with E-state index in [1.54, 1.807) is 11.8 Å². The Balaban J connectivity index is 4.14. The fraction of sp³-hybridized carbons (Fsp3) is 0.750. The summed E-state index contributed by atoms with van der Waals surface area (Å²) in [4.78, 5) is 13.3. The first-order chi connectivity index (χ1) is 6.02. The molecule has 0 spiro atoms. The van der Waals surface area contributed by atoms with E-state index < -0.39 is 0 Å². The fourth-order valence-electron chi connectivity index (χ4n) is 1.03. The molecular formula is C8H17N3OS. The van der Waals surface area contributed by atoms with Crippen molar-refractivity contribution in [3.05, 3.63) is 0 Å². The molecule has 0 aliphatic rings.